The molecule has 0 aromatic carbocycles. The molecule has 0 heterocycles. The zero-order chi connectivity index (χ0) is 28.5. The first-order chi connectivity index (χ1) is 15.1. The van der Waals surface area contributed by atoms with E-state index in [-0.39, 0.29) is 41.3 Å². The fraction of sp³-hybridized carbons (Fsp3) is 0.933. The standard InChI is InChI=1S/C15H18F13NO4S2.Na/c1-9(2,7-35(31,32)33)29-8(30)3-5-34-6-4-10(16,17)11(18,19)12(20,21)13(22,23)14(24,25)15(26,27)28;/h3-7H2,1-2H3,(H,29,30)(H,31,32,33);/q;+1/p-1. The third-order valence-corrected chi connectivity index (χ3v) is 6.04. The van der Waals surface area contributed by atoms with Crippen molar-refractivity contribution in [2.45, 2.75) is 68.0 Å². The van der Waals surface area contributed by atoms with Gasteiger partial charge < -0.3 is 5.11 Å². The van der Waals surface area contributed by atoms with Crippen molar-refractivity contribution in [3.63, 3.8) is 0 Å². The maximum Gasteiger partial charge on any atom is 1.00 e. The summed E-state index contributed by atoms with van der Waals surface area (Å²) in [6.45, 7) is 2.21. The molecule has 0 aromatic heterocycles. The van der Waals surface area contributed by atoms with Crippen LogP contribution in [0.15, 0.2) is 4.99 Å². The smallest absolute Gasteiger partial charge is 0.862 e. The number of aliphatic imine (C=N–C) groups is 1. The molecule has 0 aliphatic rings. The number of thioether (sulfide) groups is 1. The van der Waals surface area contributed by atoms with E-state index in [4.69, 9.17) is 4.55 Å². The molecule has 0 saturated heterocycles. The minimum absolute atomic E-state index is 0. The molecule has 0 radical (unpaired) electrons. The molecule has 21 heteroatoms. The van der Waals surface area contributed by atoms with Gasteiger partial charge in [0.2, 0.25) is 0 Å². The van der Waals surface area contributed by atoms with Crippen LogP contribution in [0.2, 0.25) is 0 Å². The summed E-state index contributed by atoms with van der Waals surface area (Å²) in [4.78, 5) is 3.38. The van der Waals surface area contributed by atoms with E-state index in [2.05, 4.69) is 4.99 Å². The molecule has 0 amide bonds. The van der Waals surface area contributed by atoms with Crippen LogP contribution in [0.4, 0.5) is 57.1 Å². The monoisotopic (exact) mass is 609 g/mol. The largest absolute Gasteiger partial charge is 1.00 e. The quantitative estimate of drug-likeness (QED) is 0.0858. The zero-order valence-corrected chi connectivity index (χ0v) is 22.0. The summed E-state index contributed by atoms with van der Waals surface area (Å²) in [7, 11) is -4.56. The summed E-state index contributed by atoms with van der Waals surface area (Å²) in [5.74, 6) is -41.0. The fourth-order valence-corrected chi connectivity index (χ4v) is 4.17. The average Bonchev–Trinajstić information content (AvgIpc) is 2.56. The molecule has 0 aliphatic carbocycles. The van der Waals surface area contributed by atoms with Crippen LogP contribution >= 0.6 is 11.8 Å². The Bertz CT molecular complexity index is 877. The van der Waals surface area contributed by atoms with Crippen LogP contribution in [0.5, 0.6) is 0 Å². The summed E-state index contributed by atoms with van der Waals surface area (Å²) >= 11 is 0.169. The van der Waals surface area contributed by atoms with Crippen molar-refractivity contribution in [1.29, 1.82) is 0 Å². The van der Waals surface area contributed by atoms with Crippen LogP contribution in [-0.2, 0) is 10.1 Å². The molecule has 0 unspecified atom stereocenters. The van der Waals surface area contributed by atoms with Gasteiger partial charge >= 0.3 is 65.3 Å². The van der Waals surface area contributed by atoms with E-state index in [1.165, 1.54) is 0 Å². The minimum Gasteiger partial charge on any atom is -0.862 e. The third kappa shape index (κ3) is 8.67. The van der Waals surface area contributed by atoms with Gasteiger partial charge in [0.1, 0.15) is 0 Å². The van der Waals surface area contributed by atoms with E-state index in [1.54, 1.807) is 0 Å². The van der Waals surface area contributed by atoms with Gasteiger partial charge in [-0.2, -0.15) is 77.3 Å². The van der Waals surface area contributed by atoms with Gasteiger partial charge in [0.05, 0.1) is 11.3 Å². The van der Waals surface area contributed by atoms with Crippen LogP contribution < -0.4 is 34.7 Å². The van der Waals surface area contributed by atoms with Gasteiger partial charge in [0.15, 0.2) is 0 Å². The molecule has 0 spiro atoms. The number of alkyl halides is 13. The number of hydrogen-bond acceptors (Lipinski definition) is 5. The van der Waals surface area contributed by atoms with Crippen LogP contribution in [0.1, 0.15) is 26.7 Å². The van der Waals surface area contributed by atoms with Gasteiger partial charge in [-0.15, -0.1) is 0 Å². The van der Waals surface area contributed by atoms with Crippen LogP contribution in [0.25, 0.3) is 0 Å². The Hall–Kier alpha value is -0.180. The molecular weight excluding hydrogens is 592 g/mol. The summed E-state index contributed by atoms with van der Waals surface area (Å²) in [5.41, 5.74) is -1.64. The minimum atomic E-state index is -7.96. The van der Waals surface area contributed by atoms with E-state index in [9.17, 15) is 70.6 Å². The fourth-order valence-electron chi connectivity index (χ4n) is 2.29. The van der Waals surface area contributed by atoms with Crippen LogP contribution in [-0.4, -0.2) is 77.5 Å². The van der Waals surface area contributed by atoms with Gasteiger partial charge in [-0.05, 0) is 37.7 Å². The Labute approximate surface area is 222 Å². The van der Waals surface area contributed by atoms with Crippen molar-refractivity contribution < 1.29 is 105 Å². The van der Waals surface area contributed by atoms with E-state index < -0.39 is 87.4 Å². The predicted molar refractivity (Wildman–Crippen MR) is 95.3 cm³/mol. The first-order valence-corrected chi connectivity index (χ1v) is 11.6. The van der Waals surface area contributed by atoms with Crippen molar-refractivity contribution in [3.8, 4) is 0 Å². The normalized spacial score (nSPS) is 15.6. The molecule has 0 fully saturated rings. The van der Waals surface area contributed by atoms with Gasteiger partial charge in [0.25, 0.3) is 10.1 Å². The second-order valence-corrected chi connectivity index (χ2v) is 10.3. The van der Waals surface area contributed by atoms with Crippen molar-refractivity contribution >= 4 is 27.8 Å². The van der Waals surface area contributed by atoms with Gasteiger partial charge in [-0.1, -0.05) is 0 Å². The third-order valence-electron chi connectivity index (χ3n) is 3.98. The Kier molecular flexibility index (Phi) is 12.6. The van der Waals surface area contributed by atoms with Crippen molar-refractivity contribution in [3.05, 3.63) is 0 Å². The molecule has 5 nitrogen and oxygen atoms in total. The topological polar surface area (TPSA) is 89.8 Å². The van der Waals surface area contributed by atoms with Gasteiger partial charge in [-0.25, -0.2) is 0 Å². The predicted octanol–water partition coefficient (Wildman–Crippen LogP) is 1.67. The first kappa shape index (κ1) is 38.0. The maximum atomic E-state index is 13.6. The SMILES string of the molecule is CC(C)(CS(=O)(=O)O)N=C([O-])CCSCCC(F)(F)C(F)(F)C(F)(F)C(F)(F)C(F)(F)C(F)(F)F.[Na+]. The number of rotatable bonds is 13. The van der Waals surface area contributed by atoms with E-state index in [1.807, 2.05) is 0 Å². The molecule has 0 aromatic rings. The van der Waals surface area contributed by atoms with Crippen molar-refractivity contribution in [1.82, 2.24) is 0 Å². The molecule has 0 saturated carbocycles. The maximum absolute atomic E-state index is 13.6. The molecule has 0 bridgehead atoms. The summed E-state index contributed by atoms with van der Waals surface area (Å²) < 4.78 is 199. The Morgan fingerprint density at radius 1 is 0.806 bits per heavy atom. The molecule has 0 atom stereocenters. The molecule has 1 N–H and O–H groups in total. The summed E-state index contributed by atoms with van der Waals surface area (Å²) in [6.07, 6.45) is -10.5. The second kappa shape index (κ2) is 11.9. The summed E-state index contributed by atoms with van der Waals surface area (Å²) in [5, 5.41) is 11.6. The molecule has 36 heavy (non-hydrogen) atoms. The molecular formula is C15H17F13NNaO4S2. The van der Waals surface area contributed by atoms with E-state index in [0.717, 1.165) is 13.8 Å². The Balaban J connectivity index is 0. The average molecular weight is 609 g/mol. The van der Waals surface area contributed by atoms with Gasteiger partial charge in [-0.3, -0.25) is 9.55 Å². The van der Waals surface area contributed by atoms with Crippen LogP contribution in [0, 0.1) is 0 Å². The number of nitrogens with zero attached hydrogens (tertiary/aromatic N) is 1. The Morgan fingerprint density at radius 2 is 1.22 bits per heavy atom. The number of hydrogen-bond donors (Lipinski definition) is 1. The second-order valence-electron chi connectivity index (χ2n) is 7.66. The van der Waals surface area contributed by atoms with Crippen molar-refractivity contribution in [2.75, 3.05) is 17.3 Å². The van der Waals surface area contributed by atoms with Crippen molar-refractivity contribution in [2.24, 2.45) is 4.99 Å². The molecule has 0 aliphatic heterocycles. The molecule has 210 valence electrons. The summed E-state index contributed by atoms with van der Waals surface area (Å²) in [6, 6.07) is 0. The first-order valence-electron chi connectivity index (χ1n) is 8.80. The van der Waals surface area contributed by atoms with E-state index >= 15 is 0 Å². The zero-order valence-electron chi connectivity index (χ0n) is 18.4. The number of halogens is 13. The molecule has 0 rings (SSSR count). The van der Waals surface area contributed by atoms with Gasteiger partial charge in [0, 0.05) is 6.42 Å². The van der Waals surface area contributed by atoms with Crippen LogP contribution in [0.3, 0.4) is 0 Å². The Morgan fingerprint density at radius 3 is 1.61 bits per heavy atom. The van der Waals surface area contributed by atoms with E-state index in [0.29, 0.717) is 0 Å².